The van der Waals surface area contributed by atoms with Crippen molar-refractivity contribution in [2.45, 2.75) is 20.0 Å². The lowest BCUT2D eigenvalue weighted by Gasteiger charge is -2.03. The fraction of sp³-hybridized carbons (Fsp3) is 0.174. The Hall–Kier alpha value is -3.28. The number of amides is 1. The number of rotatable bonds is 1. The molecule has 3 aromatic carbocycles. The molecule has 0 saturated heterocycles. The number of alkyl halides is 3. The number of aryl methyl sites for hydroxylation is 1. The molecule has 0 unspecified atom stereocenters. The van der Waals surface area contributed by atoms with Gasteiger partial charge in [-0.05, 0) is 19.1 Å². The lowest BCUT2D eigenvalue weighted by atomic mass is 10.2. The standard InChI is InChI=1S/C7H5F3.C7H8O.C7H8.C2H5NO/c8-7(9,10)6-4-2-1-3-5-6;1-8-7-5-3-2-4-6-7;1-7-5-3-2-4-6-7;1-2(3)4/h1-5H;2-6H,1H3;2-6H,1H3;1H3,(H2,3,4). The lowest BCUT2D eigenvalue weighted by molar-refractivity contribution is -0.137. The van der Waals surface area contributed by atoms with Crippen LogP contribution in [0.4, 0.5) is 13.2 Å². The first kappa shape index (κ1) is 25.7. The molecular weight excluding hydrogens is 379 g/mol. The van der Waals surface area contributed by atoms with Gasteiger partial charge in [0.2, 0.25) is 5.91 Å². The fourth-order valence-electron chi connectivity index (χ4n) is 1.72. The fourth-order valence-corrected chi connectivity index (χ4v) is 1.72. The van der Waals surface area contributed by atoms with Crippen LogP contribution in [0.3, 0.4) is 0 Å². The second-order valence-corrected chi connectivity index (χ2v) is 5.65. The second-order valence-electron chi connectivity index (χ2n) is 5.65. The van der Waals surface area contributed by atoms with Crippen molar-refractivity contribution in [3.05, 3.63) is 102 Å². The molecule has 0 heterocycles. The Labute approximate surface area is 169 Å². The molecule has 3 aromatic rings. The third kappa shape index (κ3) is 15.5. The van der Waals surface area contributed by atoms with Crippen molar-refractivity contribution >= 4 is 5.91 Å². The van der Waals surface area contributed by atoms with E-state index in [9.17, 15) is 18.0 Å². The number of carbonyl (C=O) groups is 1. The van der Waals surface area contributed by atoms with Gasteiger partial charge in [-0.1, -0.05) is 84.4 Å². The van der Waals surface area contributed by atoms with Gasteiger partial charge in [0.1, 0.15) is 5.75 Å². The molecule has 0 aliphatic carbocycles. The summed E-state index contributed by atoms with van der Waals surface area (Å²) < 4.78 is 40.3. The van der Waals surface area contributed by atoms with Gasteiger partial charge in [-0.15, -0.1) is 0 Å². The maximum absolute atomic E-state index is 11.8. The molecule has 0 bridgehead atoms. The molecular formula is C23H26F3NO2. The van der Waals surface area contributed by atoms with Gasteiger partial charge in [0.15, 0.2) is 0 Å². The van der Waals surface area contributed by atoms with Crippen LogP contribution < -0.4 is 10.5 Å². The molecule has 0 aromatic heterocycles. The van der Waals surface area contributed by atoms with Crippen molar-refractivity contribution in [1.82, 2.24) is 0 Å². The molecule has 0 saturated carbocycles. The molecule has 1 amide bonds. The summed E-state index contributed by atoms with van der Waals surface area (Å²) in [5.74, 6) is 0.576. The molecule has 0 atom stereocenters. The van der Waals surface area contributed by atoms with Crippen molar-refractivity contribution in [3.8, 4) is 5.75 Å². The van der Waals surface area contributed by atoms with E-state index in [1.54, 1.807) is 13.2 Å². The van der Waals surface area contributed by atoms with Crippen molar-refractivity contribution in [3.63, 3.8) is 0 Å². The van der Waals surface area contributed by atoms with Crippen molar-refractivity contribution in [2.24, 2.45) is 5.73 Å². The van der Waals surface area contributed by atoms with Gasteiger partial charge in [-0.25, -0.2) is 0 Å². The first-order valence-electron chi connectivity index (χ1n) is 8.65. The minimum Gasteiger partial charge on any atom is -0.497 e. The van der Waals surface area contributed by atoms with Gasteiger partial charge < -0.3 is 10.5 Å². The molecule has 3 nitrogen and oxygen atoms in total. The van der Waals surface area contributed by atoms with E-state index in [1.165, 1.54) is 24.6 Å². The van der Waals surface area contributed by atoms with Crippen LogP contribution in [0, 0.1) is 6.92 Å². The minimum absolute atomic E-state index is 0.333. The average Bonchev–Trinajstić information content (AvgIpc) is 2.70. The van der Waals surface area contributed by atoms with Crippen molar-refractivity contribution < 1.29 is 22.7 Å². The Kier molecular flexibility index (Phi) is 13.1. The number of hydrogen-bond acceptors (Lipinski definition) is 2. The van der Waals surface area contributed by atoms with E-state index in [0.29, 0.717) is 0 Å². The first-order chi connectivity index (χ1) is 13.7. The molecule has 0 aliphatic rings. The van der Waals surface area contributed by atoms with Crippen LogP contribution in [0.2, 0.25) is 0 Å². The van der Waals surface area contributed by atoms with E-state index in [1.807, 2.05) is 48.5 Å². The average molecular weight is 405 g/mol. The highest BCUT2D eigenvalue weighted by molar-refractivity contribution is 5.70. The highest BCUT2D eigenvalue weighted by Gasteiger charge is 2.29. The topological polar surface area (TPSA) is 52.3 Å². The van der Waals surface area contributed by atoms with Crippen LogP contribution in [0.25, 0.3) is 0 Å². The van der Waals surface area contributed by atoms with Gasteiger partial charge in [0.05, 0.1) is 12.7 Å². The van der Waals surface area contributed by atoms with E-state index < -0.39 is 11.7 Å². The molecule has 29 heavy (non-hydrogen) atoms. The van der Waals surface area contributed by atoms with E-state index in [4.69, 9.17) is 4.74 Å². The summed E-state index contributed by atoms with van der Waals surface area (Å²) in [6.07, 6.45) is -4.21. The minimum atomic E-state index is -4.21. The molecule has 0 spiro atoms. The zero-order valence-electron chi connectivity index (χ0n) is 16.7. The normalized spacial score (nSPS) is 9.31. The van der Waals surface area contributed by atoms with Crippen LogP contribution in [-0.4, -0.2) is 13.0 Å². The Morgan fingerprint density at radius 3 is 1.34 bits per heavy atom. The van der Waals surface area contributed by atoms with Gasteiger partial charge >= 0.3 is 6.18 Å². The zero-order chi connectivity index (χ0) is 22.1. The SMILES string of the molecule is CC(N)=O.COc1ccccc1.Cc1ccccc1.FC(F)(F)c1ccccc1. The van der Waals surface area contributed by atoms with Crippen molar-refractivity contribution in [2.75, 3.05) is 7.11 Å². The summed E-state index contributed by atoms with van der Waals surface area (Å²) in [6.45, 7) is 3.39. The summed E-state index contributed by atoms with van der Waals surface area (Å²) in [5, 5.41) is 0. The molecule has 0 aliphatic heterocycles. The van der Waals surface area contributed by atoms with Crippen LogP contribution in [0.5, 0.6) is 5.75 Å². The third-order valence-corrected chi connectivity index (χ3v) is 3.02. The summed E-state index contributed by atoms with van der Waals surface area (Å²) >= 11 is 0. The number of halogens is 3. The maximum Gasteiger partial charge on any atom is 0.416 e. The van der Waals surface area contributed by atoms with Crippen LogP contribution in [0.1, 0.15) is 18.1 Å². The molecule has 0 radical (unpaired) electrons. The van der Waals surface area contributed by atoms with E-state index in [2.05, 4.69) is 24.8 Å². The highest BCUT2D eigenvalue weighted by atomic mass is 19.4. The number of hydrogen-bond donors (Lipinski definition) is 1. The van der Waals surface area contributed by atoms with Crippen LogP contribution >= 0.6 is 0 Å². The summed E-state index contributed by atoms with van der Waals surface area (Å²) in [7, 11) is 1.66. The van der Waals surface area contributed by atoms with Crippen LogP contribution in [-0.2, 0) is 11.0 Å². The lowest BCUT2D eigenvalue weighted by Crippen LogP contribution is -2.03. The summed E-state index contributed by atoms with van der Waals surface area (Å²) in [4.78, 5) is 9.22. The maximum atomic E-state index is 11.8. The summed E-state index contributed by atoms with van der Waals surface area (Å²) in [6, 6.07) is 26.3. The number of primary amides is 1. The summed E-state index contributed by atoms with van der Waals surface area (Å²) in [5.41, 5.74) is 5.19. The molecule has 0 fully saturated rings. The zero-order valence-corrected chi connectivity index (χ0v) is 16.7. The first-order valence-corrected chi connectivity index (χ1v) is 8.65. The van der Waals surface area contributed by atoms with E-state index in [0.717, 1.165) is 17.9 Å². The number of methoxy groups -OCH3 is 1. The quantitative estimate of drug-likeness (QED) is 0.549. The Bertz CT molecular complexity index is 773. The van der Waals surface area contributed by atoms with Gasteiger partial charge in [-0.3, -0.25) is 4.79 Å². The van der Waals surface area contributed by atoms with E-state index >= 15 is 0 Å². The number of para-hydroxylation sites is 1. The number of benzene rings is 3. The Balaban J connectivity index is 0.000000377. The second kappa shape index (κ2) is 14.7. The highest BCUT2D eigenvalue weighted by Crippen LogP contribution is 2.28. The van der Waals surface area contributed by atoms with Gasteiger partial charge in [0.25, 0.3) is 0 Å². The monoisotopic (exact) mass is 405 g/mol. The predicted molar refractivity (Wildman–Crippen MR) is 110 cm³/mol. The van der Waals surface area contributed by atoms with E-state index in [-0.39, 0.29) is 5.91 Å². The largest absolute Gasteiger partial charge is 0.497 e. The number of nitrogens with two attached hydrogens (primary N) is 1. The number of carbonyl (C=O) groups excluding carboxylic acids is 1. The third-order valence-electron chi connectivity index (χ3n) is 3.02. The Morgan fingerprint density at radius 1 is 0.793 bits per heavy atom. The molecule has 156 valence electrons. The molecule has 6 heteroatoms. The smallest absolute Gasteiger partial charge is 0.416 e. The Morgan fingerprint density at radius 2 is 1.14 bits per heavy atom. The van der Waals surface area contributed by atoms with Crippen LogP contribution in [0.15, 0.2) is 91.0 Å². The molecule has 2 N–H and O–H groups in total. The molecule has 3 rings (SSSR count). The predicted octanol–water partition coefficient (Wildman–Crippen LogP) is 5.89. The number of ether oxygens (including phenoxy) is 1. The van der Waals surface area contributed by atoms with Crippen molar-refractivity contribution in [1.29, 1.82) is 0 Å². The van der Waals surface area contributed by atoms with Gasteiger partial charge in [0, 0.05) is 6.92 Å². The van der Waals surface area contributed by atoms with Gasteiger partial charge in [-0.2, -0.15) is 13.2 Å².